The fourth-order valence-corrected chi connectivity index (χ4v) is 2.37. The van der Waals surface area contributed by atoms with E-state index >= 15 is 0 Å². The highest BCUT2D eigenvalue weighted by molar-refractivity contribution is 5.76. The van der Waals surface area contributed by atoms with Crippen molar-refractivity contribution < 1.29 is 18.8 Å². The van der Waals surface area contributed by atoms with E-state index in [1.165, 1.54) is 0 Å². The molecule has 2 rings (SSSR count). The molecule has 6 heteroatoms. The highest BCUT2D eigenvalue weighted by Gasteiger charge is 2.28. The molecule has 1 aliphatic heterocycles. The number of hydrogen-bond donors (Lipinski definition) is 0. The standard InChI is InChI=1S/C14H22N2O4/c1-3-6-11(14(17)18-4-2)13-15-12(16-20-13)9-10-7-5-8-19-10/h10-11H,3-9H2,1-2H3. The summed E-state index contributed by atoms with van der Waals surface area (Å²) >= 11 is 0. The molecule has 0 aromatic carbocycles. The van der Waals surface area contributed by atoms with E-state index in [4.69, 9.17) is 14.0 Å². The van der Waals surface area contributed by atoms with E-state index in [-0.39, 0.29) is 12.1 Å². The normalized spacial score (nSPS) is 20.0. The molecular formula is C14H22N2O4. The zero-order chi connectivity index (χ0) is 14.4. The van der Waals surface area contributed by atoms with Gasteiger partial charge in [0.25, 0.3) is 0 Å². The Balaban J connectivity index is 2.01. The summed E-state index contributed by atoms with van der Waals surface area (Å²) in [6.07, 6.45) is 4.43. The van der Waals surface area contributed by atoms with Gasteiger partial charge in [-0.25, -0.2) is 0 Å². The summed E-state index contributed by atoms with van der Waals surface area (Å²) in [4.78, 5) is 16.3. The molecule has 1 saturated heterocycles. The lowest BCUT2D eigenvalue weighted by atomic mass is 10.0. The third-order valence-electron chi connectivity index (χ3n) is 3.36. The summed E-state index contributed by atoms with van der Waals surface area (Å²) in [6, 6.07) is 0. The summed E-state index contributed by atoms with van der Waals surface area (Å²) in [5.74, 6) is 0.225. The van der Waals surface area contributed by atoms with Crippen LogP contribution in [0.25, 0.3) is 0 Å². The maximum atomic E-state index is 11.9. The third kappa shape index (κ3) is 3.79. The Hall–Kier alpha value is -1.43. The summed E-state index contributed by atoms with van der Waals surface area (Å²) in [6.45, 7) is 4.96. The second kappa shape index (κ2) is 7.38. The minimum Gasteiger partial charge on any atom is -0.465 e. The van der Waals surface area contributed by atoms with E-state index in [1.807, 2.05) is 6.92 Å². The Morgan fingerprint density at radius 3 is 3.00 bits per heavy atom. The van der Waals surface area contributed by atoms with E-state index in [1.54, 1.807) is 6.92 Å². The Labute approximate surface area is 118 Å². The Morgan fingerprint density at radius 1 is 1.50 bits per heavy atom. The Bertz CT molecular complexity index is 427. The van der Waals surface area contributed by atoms with Gasteiger partial charge < -0.3 is 14.0 Å². The second-order valence-electron chi connectivity index (χ2n) is 4.98. The predicted molar refractivity (Wildman–Crippen MR) is 71.3 cm³/mol. The van der Waals surface area contributed by atoms with Crippen molar-refractivity contribution >= 4 is 5.97 Å². The first-order valence-corrected chi connectivity index (χ1v) is 7.35. The number of carbonyl (C=O) groups excluding carboxylic acids is 1. The minimum absolute atomic E-state index is 0.174. The molecule has 6 nitrogen and oxygen atoms in total. The van der Waals surface area contributed by atoms with Crippen LogP contribution in [0.5, 0.6) is 0 Å². The topological polar surface area (TPSA) is 74.5 Å². The molecule has 112 valence electrons. The van der Waals surface area contributed by atoms with Gasteiger partial charge in [-0.15, -0.1) is 0 Å². The molecular weight excluding hydrogens is 260 g/mol. The molecule has 1 aromatic rings. The van der Waals surface area contributed by atoms with Gasteiger partial charge in [0.2, 0.25) is 5.89 Å². The molecule has 0 bridgehead atoms. The van der Waals surface area contributed by atoms with Gasteiger partial charge in [0.1, 0.15) is 5.92 Å². The Morgan fingerprint density at radius 2 is 2.35 bits per heavy atom. The number of rotatable bonds is 7. The molecule has 0 amide bonds. The highest BCUT2D eigenvalue weighted by atomic mass is 16.5. The quantitative estimate of drug-likeness (QED) is 0.714. The molecule has 1 fully saturated rings. The zero-order valence-corrected chi connectivity index (χ0v) is 12.1. The molecule has 20 heavy (non-hydrogen) atoms. The fraction of sp³-hybridized carbons (Fsp3) is 0.786. The van der Waals surface area contributed by atoms with E-state index in [0.29, 0.717) is 31.2 Å². The summed E-state index contributed by atoms with van der Waals surface area (Å²) in [5, 5.41) is 3.95. The molecule has 1 aliphatic rings. The monoisotopic (exact) mass is 282 g/mol. The van der Waals surface area contributed by atoms with Crippen LogP contribution in [-0.2, 0) is 20.7 Å². The molecule has 1 aromatic heterocycles. The molecule has 2 heterocycles. The van der Waals surface area contributed by atoms with Gasteiger partial charge in [0.05, 0.1) is 12.7 Å². The predicted octanol–water partition coefficient (Wildman–Crippen LogP) is 2.24. The van der Waals surface area contributed by atoms with E-state index < -0.39 is 5.92 Å². The van der Waals surface area contributed by atoms with Gasteiger partial charge in [-0.1, -0.05) is 18.5 Å². The average Bonchev–Trinajstić information content (AvgIpc) is 3.08. The highest BCUT2D eigenvalue weighted by Crippen LogP contribution is 2.23. The van der Waals surface area contributed by atoms with E-state index in [0.717, 1.165) is 25.9 Å². The van der Waals surface area contributed by atoms with Crippen LogP contribution in [0.15, 0.2) is 4.52 Å². The van der Waals surface area contributed by atoms with Crippen molar-refractivity contribution in [3.63, 3.8) is 0 Å². The van der Waals surface area contributed by atoms with Crippen molar-refractivity contribution in [3.05, 3.63) is 11.7 Å². The van der Waals surface area contributed by atoms with Gasteiger partial charge in [0.15, 0.2) is 5.82 Å². The number of ether oxygens (including phenoxy) is 2. The van der Waals surface area contributed by atoms with Crippen LogP contribution in [0.1, 0.15) is 57.2 Å². The van der Waals surface area contributed by atoms with Gasteiger partial charge in [-0.3, -0.25) is 4.79 Å². The maximum absolute atomic E-state index is 11.9. The maximum Gasteiger partial charge on any atom is 0.318 e. The zero-order valence-electron chi connectivity index (χ0n) is 12.1. The number of nitrogens with zero attached hydrogens (tertiary/aromatic N) is 2. The molecule has 0 spiro atoms. The van der Waals surface area contributed by atoms with Crippen molar-refractivity contribution in [2.45, 2.75) is 58.0 Å². The largest absolute Gasteiger partial charge is 0.465 e. The Kier molecular flexibility index (Phi) is 5.52. The van der Waals surface area contributed by atoms with Gasteiger partial charge in [0, 0.05) is 13.0 Å². The van der Waals surface area contributed by atoms with E-state index in [2.05, 4.69) is 10.1 Å². The average molecular weight is 282 g/mol. The minimum atomic E-state index is -0.453. The first kappa shape index (κ1) is 15.0. The smallest absolute Gasteiger partial charge is 0.318 e. The lowest BCUT2D eigenvalue weighted by Crippen LogP contribution is -2.16. The van der Waals surface area contributed by atoms with E-state index in [9.17, 15) is 4.79 Å². The van der Waals surface area contributed by atoms with Crippen molar-refractivity contribution in [1.29, 1.82) is 0 Å². The summed E-state index contributed by atoms with van der Waals surface area (Å²) in [5.41, 5.74) is 0. The molecule has 0 saturated carbocycles. The third-order valence-corrected chi connectivity index (χ3v) is 3.36. The first-order valence-electron chi connectivity index (χ1n) is 7.35. The van der Waals surface area contributed by atoms with Crippen LogP contribution in [0.4, 0.5) is 0 Å². The molecule has 0 aliphatic carbocycles. The van der Waals surface area contributed by atoms with Crippen molar-refractivity contribution in [2.24, 2.45) is 0 Å². The molecule has 0 N–H and O–H groups in total. The van der Waals surface area contributed by atoms with Crippen LogP contribution >= 0.6 is 0 Å². The fourth-order valence-electron chi connectivity index (χ4n) is 2.37. The second-order valence-corrected chi connectivity index (χ2v) is 4.98. The first-order chi connectivity index (χ1) is 9.74. The SMILES string of the molecule is CCCC(C(=O)OCC)c1nc(CC2CCCO2)no1. The lowest BCUT2D eigenvalue weighted by Gasteiger charge is -2.09. The van der Waals surface area contributed by atoms with Gasteiger partial charge in [-0.2, -0.15) is 4.98 Å². The van der Waals surface area contributed by atoms with Crippen molar-refractivity contribution in [3.8, 4) is 0 Å². The number of aromatic nitrogens is 2. The van der Waals surface area contributed by atoms with Crippen LogP contribution < -0.4 is 0 Å². The number of carbonyl (C=O) groups is 1. The summed E-state index contributed by atoms with van der Waals surface area (Å²) in [7, 11) is 0. The number of esters is 1. The molecule has 0 radical (unpaired) electrons. The van der Waals surface area contributed by atoms with Crippen molar-refractivity contribution in [2.75, 3.05) is 13.2 Å². The van der Waals surface area contributed by atoms with Crippen LogP contribution in [-0.4, -0.2) is 35.4 Å². The van der Waals surface area contributed by atoms with Crippen molar-refractivity contribution in [1.82, 2.24) is 10.1 Å². The number of hydrogen-bond acceptors (Lipinski definition) is 6. The van der Waals surface area contributed by atoms with Gasteiger partial charge >= 0.3 is 5.97 Å². The van der Waals surface area contributed by atoms with Crippen LogP contribution in [0, 0.1) is 0 Å². The van der Waals surface area contributed by atoms with Crippen LogP contribution in [0.3, 0.4) is 0 Å². The lowest BCUT2D eigenvalue weighted by molar-refractivity contribution is -0.145. The molecule has 2 unspecified atom stereocenters. The van der Waals surface area contributed by atoms with Gasteiger partial charge in [-0.05, 0) is 26.2 Å². The summed E-state index contributed by atoms with van der Waals surface area (Å²) < 4.78 is 15.8. The molecule has 2 atom stereocenters. The van der Waals surface area contributed by atoms with Crippen LogP contribution in [0.2, 0.25) is 0 Å².